The number of rotatable bonds is 5. The maximum absolute atomic E-state index is 12.3. The van der Waals surface area contributed by atoms with Crippen LogP contribution in [0.4, 0.5) is 11.4 Å². The minimum atomic E-state index is -0.288. The molecule has 0 saturated carbocycles. The number of methoxy groups -OCH3 is 3. The van der Waals surface area contributed by atoms with Crippen molar-refractivity contribution in [3.8, 4) is 17.2 Å². The summed E-state index contributed by atoms with van der Waals surface area (Å²) < 4.78 is 15.7. The molecule has 6 heteroatoms. The first-order valence-corrected chi connectivity index (χ1v) is 6.56. The summed E-state index contributed by atoms with van der Waals surface area (Å²) in [5.41, 5.74) is 7.29. The van der Waals surface area contributed by atoms with Crippen molar-refractivity contribution in [3.63, 3.8) is 0 Å². The standard InChI is InChI=1S/C16H18N2O4/c1-20-13-8-10(9-14(21-2)15(13)22-3)16(19)18-12-6-4-11(17)5-7-12/h4-9H,17H2,1-3H3,(H,18,19). The van der Waals surface area contributed by atoms with E-state index in [1.54, 1.807) is 36.4 Å². The number of ether oxygens (including phenoxy) is 3. The number of amides is 1. The number of hydrogen-bond acceptors (Lipinski definition) is 5. The monoisotopic (exact) mass is 302 g/mol. The Hall–Kier alpha value is -2.89. The van der Waals surface area contributed by atoms with E-state index in [2.05, 4.69) is 5.32 Å². The summed E-state index contributed by atoms with van der Waals surface area (Å²) in [6.45, 7) is 0. The van der Waals surface area contributed by atoms with Gasteiger partial charge in [0, 0.05) is 16.9 Å². The number of nitrogen functional groups attached to an aromatic ring is 1. The van der Waals surface area contributed by atoms with Gasteiger partial charge in [0.1, 0.15) is 0 Å². The Balaban J connectivity index is 2.31. The summed E-state index contributed by atoms with van der Waals surface area (Å²) in [7, 11) is 4.51. The molecule has 2 rings (SSSR count). The highest BCUT2D eigenvalue weighted by atomic mass is 16.5. The molecule has 0 aliphatic carbocycles. The third-order valence-corrected chi connectivity index (χ3v) is 3.10. The zero-order valence-electron chi connectivity index (χ0n) is 12.7. The van der Waals surface area contributed by atoms with Crippen LogP contribution in [0.25, 0.3) is 0 Å². The summed E-state index contributed by atoms with van der Waals surface area (Å²) in [4.78, 5) is 12.3. The van der Waals surface area contributed by atoms with Crippen LogP contribution in [0.3, 0.4) is 0 Å². The van der Waals surface area contributed by atoms with Gasteiger partial charge in [0.05, 0.1) is 21.3 Å². The average molecular weight is 302 g/mol. The molecule has 0 aliphatic rings. The fourth-order valence-electron chi connectivity index (χ4n) is 1.98. The van der Waals surface area contributed by atoms with Crippen LogP contribution in [0.1, 0.15) is 10.4 Å². The van der Waals surface area contributed by atoms with Gasteiger partial charge in [0.25, 0.3) is 5.91 Å². The van der Waals surface area contributed by atoms with Gasteiger partial charge in [-0.25, -0.2) is 0 Å². The minimum Gasteiger partial charge on any atom is -0.493 e. The lowest BCUT2D eigenvalue weighted by atomic mass is 10.1. The highest BCUT2D eigenvalue weighted by Crippen LogP contribution is 2.38. The molecule has 0 aromatic heterocycles. The van der Waals surface area contributed by atoms with Gasteiger partial charge in [0.15, 0.2) is 11.5 Å². The Labute approximate surface area is 128 Å². The number of nitrogens with one attached hydrogen (secondary N) is 1. The van der Waals surface area contributed by atoms with Gasteiger partial charge in [-0.1, -0.05) is 0 Å². The van der Waals surface area contributed by atoms with Crippen molar-refractivity contribution >= 4 is 17.3 Å². The van der Waals surface area contributed by atoms with E-state index in [1.165, 1.54) is 21.3 Å². The fourth-order valence-corrected chi connectivity index (χ4v) is 1.98. The van der Waals surface area contributed by atoms with Crippen molar-refractivity contribution in [2.75, 3.05) is 32.4 Å². The van der Waals surface area contributed by atoms with E-state index < -0.39 is 0 Å². The normalized spacial score (nSPS) is 9.95. The summed E-state index contributed by atoms with van der Waals surface area (Å²) in [6.07, 6.45) is 0. The first-order valence-electron chi connectivity index (χ1n) is 6.56. The van der Waals surface area contributed by atoms with Gasteiger partial charge >= 0.3 is 0 Å². The predicted octanol–water partition coefficient (Wildman–Crippen LogP) is 2.55. The molecule has 3 N–H and O–H groups in total. The highest BCUT2D eigenvalue weighted by molar-refractivity contribution is 6.05. The molecule has 0 unspecified atom stereocenters. The van der Waals surface area contributed by atoms with Crippen LogP contribution < -0.4 is 25.3 Å². The molecule has 0 heterocycles. The van der Waals surface area contributed by atoms with Crippen LogP contribution in [-0.2, 0) is 0 Å². The van der Waals surface area contributed by atoms with Crippen LogP contribution in [0.2, 0.25) is 0 Å². The summed E-state index contributed by atoms with van der Waals surface area (Å²) >= 11 is 0. The Morgan fingerprint density at radius 2 is 1.50 bits per heavy atom. The van der Waals surface area contributed by atoms with Crippen molar-refractivity contribution in [2.24, 2.45) is 0 Å². The van der Waals surface area contributed by atoms with E-state index in [1.807, 2.05) is 0 Å². The second kappa shape index (κ2) is 6.71. The van der Waals surface area contributed by atoms with Gasteiger partial charge in [-0.3, -0.25) is 4.79 Å². The highest BCUT2D eigenvalue weighted by Gasteiger charge is 2.17. The molecule has 0 saturated heterocycles. The zero-order valence-corrected chi connectivity index (χ0v) is 12.7. The molecule has 1 amide bonds. The molecule has 0 fully saturated rings. The lowest BCUT2D eigenvalue weighted by Gasteiger charge is -2.14. The lowest BCUT2D eigenvalue weighted by molar-refractivity contribution is 0.102. The maximum atomic E-state index is 12.3. The average Bonchev–Trinajstić information content (AvgIpc) is 2.55. The van der Waals surface area contributed by atoms with Crippen molar-refractivity contribution in [1.29, 1.82) is 0 Å². The third kappa shape index (κ3) is 3.22. The van der Waals surface area contributed by atoms with Gasteiger partial charge in [-0.2, -0.15) is 0 Å². The zero-order chi connectivity index (χ0) is 16.1. The molecule has 6 nitrogen and oxygen atoms in total. The van der Waals surface area contributed by atoms with Crippen molar-refractivity contribution in [1.82, 2.24) is 0 Å². The van der Waals surface area contributed by atoms with E-state index in [0.717, 1.165) is 0 Å². The van der Waals surface area contributed by atoms with Crippen LogP contribution in [0.15, 0.2) is 36.4 Å². The number of hydrogen-bond donors (Lipinski definition) is 2. The van der Waals surface area contributed by atoms with Crippen LogP contribution in [0.5, 0.6) is 17.2 Å². The number of carbonyl (C=O) groups excluding carboxylic acids is 1. The van der Waals surface area contributed by atoms with E-state index in [-0.39, 0.29) is 5.91 Å². The fraction of sp³-hybridized carbons (Fsp3) is 0.188. The summed E-state index contributed by atoms with van der Waals surface area (Å²) in [5.74, 6) is 0.992. The van der Waals surface area contributed by atoms with Gasteiger partial charge in [-0.15, -0.1) is 0 Å². The molecule has 116 valence electrons. The van der Waals surface area contributed by atoms with Crippen molar-refractivity contribution in [3.05, 3.63) is 42.0 Å². The molecular formula is C16H18N2O4. The van der Waals surface area contributed by atoms with Crippen molar-refractivity contribution < 1.29 is 19.0 Å². The maximum Gasteiger partial charge on any atom is 0.255 e. The predicted molar refractivity (Wildman–Crippen MR) is 84.9 cm³/mol. The van der Waals surface area contributed by atoms with Crippen LogP contribution >= 0.6 is 0 Å². The smallest absolute Gasteiger partial charge is 0.255 e. The largest absolute Gasteiger partial charge is 0.493 e. The molecule has 0 radical (unpaired) electrons. The van der Waals surface area contributed by atoms with E-state index >= 15 is 0 Å². The second-order valence-electron chi connectivity index (χ2n) is 4.49. The summed E-state index contributed by atoms with van der Waals surface area (Å²) in [5, 5.41) is 2.78. The lowest BCUT2D eigenvalue weighted by Crippen LogP contribution is -2.12. The molecule has 0 bridgehead atoms. The first kappa shape index (κ1) is 15.5. The molecule has 0 aliphatic heterocycles. The Bertz CT molecular complexity index is 643. The van der Waals surface area contributed by atoms with E-state index in [9.17, 15) is 4.79 Å². The summed E-state index contributed by atoms with van der Waals surface area (Å²) in [6, 6.07) is 10.1. The Kier molecular flexibility index (Phi) is 4.73. The quantitative estimate of drug-likeness (QED) is 0.829. The topological polar surface area (TPSA) is 82.8 Å². The van der Waals surface area contributed by atoms with Crippen molar-refractivity contribution in [2.45, 2.75) is 0 Å². The van der Waals surface area contributed by atoms with Crippen LogP contribution in [-0.4, -0.2) is 27.2 Å². The SMILES string of the molecule is COc1cc(C(=O)Nc2ccc(N)cc2)cc(OC)c1OC. The Morgan fingerprint density at radius 3 is 1.95 bits per heavy atom. The molecule has 0 atom stereocenters. The van der Waals surface area contributed by atoms with E-state index in [0.29, 0.717) is 34.2 Å². The number of anilines is 2. The molecule has 22 heavy (non-hydrogen) atoms. The number of carbonyl (C=O) groups is 1. The molecule has 0 spiro atoms. The molecule has 2 aromatic carbocycles. The van der Waals surface area contributed by atoms with Crippen LogP contribution in [0, 0.1) is 0 Å². The number of benzene rings is 2. The first-order chi connectivity index (χ1) is 10.6. The third-order valence-electron chi connectivity index (χ3n) is 3.10. The number of nitrogens with two attached hydrogens (primary N) is 1. The molecule has 2 aromatic rings. The second-order valence-corrected chi connectivity index (χ2v) is 4.49. The minimum absolute atomic E-state index is 0.288. The Morgan fingerprint density at radius 1 is 0.955 bits per heavy atom. The molecular weight excluding hydrogens is 284 g/mol. The van der Waals surface area contributed by atoms with E-state index in [4.69, 9.17) is 19.9 Å². The van der Waals surface area contributed by atoms with Gasteiger partial charge in [-0.05, 0) is 36.4 Å². The van der Waals surface area contributed by atoms with Gasteiger partial charge in [0.2, 0.25) is 5.75 Å². The van der Waals surface area contributed by atoms with Gasteiger partial charge < -0.3 is 25.3 Å².